The van der Waals surface area contributed by atoms with Gasteiger partial charge in [0.05, 0.1) is 11.7 Å². The molecule has 0 bridgehead atoms. The van der Waals surface area contributed by atoms with Crippen molar-refractivity contribution < 1.29 is 32.3 Å². The SMILES string of the molecule is Cc1ccc(NC(=O)C(=O)NC[C@H](O)c2ccc(C(F)(F)F)cc2)cc1F. The van der Waals surface area contributed by atoms with E-state index >= 15 is 0 Å². The fourth-order valence-electron chi connectivity index (χ4n) is 2.14. The Hall–Kier alpha value is -2.94. The van der Waals surface area contributed by atoms with Crippen LogP contribution >= 0.6 is 0 Å². The molecule has 0 radical (unpaired) electrons. The number of hydrogen-bond acceptors (Lipinski definition) is 3. The van der Waals surface area contributed by atoms with Crippen molar-refractivity contribution in [1.82, 2.24) is 5.32 Å². The van der Waals surface area contributed by atoms with E-state index < -0.39 is 35.5 Å². The van der Waals surface area contributed by atoms with Crippen molar-refractivity contribution in [1.29, 1.82) is 0 Å². The predicted octanol–water partition coefficient (Wildman–Crippen LogP) is 2.94. The van der Waals surface area contributed by atoms with Crippen molar-refractivity contribution in [3.05, 3.63) is 65.0 Å². The minimum Gasteiger partial charge on any atom is -0.387 e. The third-order valence-corrected chi connectivity index (χ3v) is 3.71. The van der Waals surface area contributed by atoms with Crippen LogP contribution in [0.15, 0.2) is 42.5 Å². The third kappa shape index (κ3) is 5.52. The number of amides is 2. The number of alkyl halides is 3. The van der Waals surface area contributed by atoms with E-state index in [1.807, 2.05) is 0 Å². The number of carbonyl (C=O) groups is 2. The maximum atomic E-state index is 13.4. The summed E-state index contributed by atoms with van der Waals surface area (Å²) in [5.41, 5.74) is -0.268. The highest BCUT2D eigenvalue weighted by Gasteiger charge is 2.30. The van der Waals surface area contributed by atoms with E-state index in [0.29, 0.717) is 5.56 Å². The summed E-state index contributed by atoms with van der Waals surface area (Å²) in [7, 11) is 0. The Morgan fingerprint density at radius 1 is 1.07 bits per heavy atom. The fraction of sp³-hybridized carbons (Fsp3) is 0.222. The summed E-state index contributed by atoms with van der Waals surface area (Å²) in [6.07, 6.45) is -5.80. The molecule has 144 valence electrons. The summed E-state index contributed by atoms with van der Waals surface area (Å²) in [6, 6.07) is 7.66. The number of rotatable bonds is 4. The predicted molar refractivity (Wildman–Crippen MR) is 89.2 cm³/mol. The zero-order valence-electron chi connectivity index (χ0n) is 14.1. The summed E-state index contributed by atoms with van der Waals surface area (Å²) >= 11 is 0. The van der Waals surface area contributed by atoms with Gasteiger partial charge in [-0.05, 0) is 42.3 Å². The molecule has 0 aromatic heterocycles. The van der Waals surface area contributed by atoms with E-state index in [2.05, 4.69) is 10.6 Å². The standard InChI is InChI=1S/C18H16F4N2O3/c1-10-2-7-13(8-14(10)19)24-17(27)16(26)23-9-15(25)11-3-5-12(6-4-11)18(20,21)22/h2-8,15,25H,9H2,1H3,(H,23,26)(H,24,27)/t15-/m0/s1. The molecule has 0 aliphatic heterocycles. The zero-order valence-corrected chi connectivity index (χ0v) is 14.1. The maximum Gasteiger partial charge on any atom is 0.416 e. The lowest BCUT2D eigenvalue weighted by atomic mass is 10.1. The smallest absolute Gasteiger partial charge is 0.387 e. The molecule has 2 amide bonds. The lowest BCUT2D eigenvalue weighted by Gasteiger charge is -2.13. The Morgan fingerprint density at radius 2 is 1.70 bits per heavy atom. The zero-order chi connectivity index (χ0) is 20.2. The Kier molecular flexibility index (Phi) is 6.17. The van der Waals surface area contributed by atoms with Gasteiger partial charge in [-0.3, -0.25) is 9.59 Å². The molecule has 0 saturated heterocycles. The first-order valence-electron chi connectivity index (χ1n) is 7.78. The van der Waals surface area contributed by atoms with Gasteiger partial charge in [0.2, 0.25) is 0 Å². The number of benzene rings is 2. The van der Waals surface area contributed by atoms with Crippen LogP contribution in [0.1, 0.15) is 22.8 Å². The second-order valence-electron chi connectivity index (χ2n) is 5.76. The molecule has 0 heterocycles. The quantitative estimate of drug-likeness (QED) is 0.560. The van der Waals surface area contributed by atoms with Crippen molar-refractivity contribution >= 4 is 17.5 Å². The Bertz CT molecular complexity index is 835. The van der Waals surface area contributed by atoms with Gasteiger partial charge in [-0.15, -0.1) is 0 Å². The largest absolute Gasteiger partial charge is 0.416 e. The van der Waals surface area contributed by atoms with Crippen LogP contribution in [0.3, 0.4) is 0 Å². The topological polar surface area (TPSA) is 78.4 Å². The number of halogens is 4. The van der Waals surface area contributed by atoms with Crippen LogP contribution < -0.4 is 10.6 Å². The third-order valence-electron chi connectivity index (χ3n) is 3.71. The van der Waals surface area contributed by atoms with Gasteiger partial charge < -0.3 is 15.7 Å². The van der Waals surface area contributed by atoms with Crippen molar-refractivity contribution in [2.24, 2.45) is 0 Å². The van der Waals surface area contributed by atoms with E-state index in [0.717, 1.165) is 30.3 Å². The van der Waals surface area contributed by atoms with Crippen LogP contribution in [0.25, 0.3) is 0 Å². The molecule has 9 heteroatoms. The Morgan fingerprint density at radius 3 is 2.26 bits per heavy atom. The lowest BCUT2D eigenvalue weighted by molar-refractivity contribution is -0.137. The maximum absolute atomic E-state index is 13.4. The second-order valence-corrected chi connectivity index (χ2v) is 5.76. The number of carbonyl (C=O) groups excluding carboxylic acids is 2. The van der Waals surface area contributed by atoms with Crippen LogP contribution in [-0.4, -0.2) is 23.5 Å². The summed E-state index contributed by atoms with van der Waals surface area (Å²) in [4.78, 5) is 23.5. The molecular weight excluding hydrogens is 368 g/mol. The highest BCUT2D eigenvalue weighted by molar-refractivity contribution is 6.39. The van der Waals surface area contributed by atoms with E-state index in [-0.39, 0.29) is 17.8 Å². The average Bonchev–Trinajstić information content (AvgIpc) is 2.61. The molecule has 3 N–H and O–H groups in total. The number of aliphatic hydroxyl groups is 1. The first-order chi connectivity index (χ1) is 12.6. The molecule has 2 rings (SSSR count). The van der Waals surface area contributed by atoms with Crippen LogP contribution in [0.5, 0.6) is 0 Å². The second kappa shape index (κ2) is 8.17. The lowest BCUT2D eigenvalue weighted by Crippen LogP contribution is -2.37. The molecule has 0 spiro atoms. The van der Waals surface area contributed by atoms with Gasteiger partial charge in [0.25, 0.3) is 0 Å². The van der Waals surface area contributed by atoms with Gasteiger partial charge in [0.1, 0.15) is 5.82 Å². The Balaban J connectivity index is 1.90. The summed E-state index contributed by atoms with van der Waals surface area (Å²) < 4.78 is 50.9. The number of hydrogen-bond donors (Lipinski definition) is 3. The molecule has 27 heavy (non-hydrogen) atoms. The normalized spacial score (nSPS) is 12.4. The molecule has 2 aromatic carbocycles. The van der Waals surface area contributed by atoms with Gasteiger partial charge in [-0.25, -0.2) is 4.39 Å². The summed E-state index contributed by atoms with van der Waals surface area (Å²) in [5, 5.41) is 14.3. The summed E-state index contributed by atoms with van der Waals surface area (Å²) in [5.74, 6) is -2.70. The number of aliphatic hydroxyl groups excluding tert-OH is 1. The van der Waals surface area contributed by atoms with E-state index in [4.69, 9.17) is 0 Å². The van der Waals surface area contributed by atoms with Crippen LogP contribution in [0.4, 0.5) is 23.2 Å². The molecule has 5 nitrogen and oxygen atoms in total. The number of nitrogens with one attached hydrogen (secondary N) is 2. The van der Waals surface area contributed by atoms with E-state index in [1.54, 1.807) is 0 Å². The van der Waals surface area contributed by atoms with E-state index in [1.165, 1.54) is 19.1 Å². The molecule has 0 aliphatic rings. The number of aryl methyl sites for hydroxylation is 1. The van der Waals surface area contributed by atoms with Crippen molar-refractivity contribution in [3.63, 3.8) is 0 Å². The first-order valence-corrected chi connectivity index (χ1v) is 7.78. The molecule has 0 saturated carbocycles. The van der Waals surface area contributed by atoms with E-state index in [9.17, 15) is 32.3 Å². The number of anilines is 1. The van der Waals surface area contributed by atoms with Crippen molar-refractivity contribution in [2.45, 2.75) is 19.2 Å². The van der Waals surface area contributed by atoms with Crippen molar-refractivity contribution in [3.8, 4) is 0 Å². The molecule has 2 aromatic rings. The van der Waals surface area contributed by atoms with Crippen molar-refractivity contribution in [2.75, 3.05) is 11.9 Å². The van der Waals surface area contributed by atoms with Gasteiger partial charge >= 0.3 is 18.0 Å². The monoisotopic (exact) mass is 384 g/mol. The van der Waals surface area contributed by atoms with Gasteiger partial charge in [0.15, 0.2) is 0 Å². The average molecular weight is 384 g/mol. The fourth-order valence-corrected chi connectivity index (χ4v) is 2.14. The molecule has 1 atom stereocenters. The minimum atomic E-state index is -4.49. The molecule has 0 unspecified atom stereocenters. The van der Waals surface area contributed by atoms with Crippen LogP contribution in [-0.2, 0) is 15.8 Å². The highest BCUT2D eigenvalue weighted by Crippen LogP contribution is 2.29. The first kappa shape index (κ1) is 20.4. The molecule has 0 fully saturated rings. The summed E-state index contributed by atoms with van der Waals surface area (Å²) in [6.45, 7) is 1.15. The van der Waals surface area contributed by atoms with Gasteiger partial charge in [-0.2, -0.15) is 13.2 Å². The van der Waals surface area contributed by atoms with Gasteiger partial charge in [0, 0.05) is 12.2 Å². The van der Waals surface area contributed by atoms with Crippen LogP contribution in [0, 0.1) is 12.7 Å². The Labute approximate surface area is 152 Å². The van der Waals surface area contributed by atoms with Gasteiger partial charge in [-0.1, -0.05) is 18.2 Å². The van der Waals surface area contributed by atoms with Crippen LogP contribution in [0.2, 0.25) is 0 Å². The highest BCUT2D eigenvalue weighted by atomic mass is 19.4. The molecule has 0 aliphatic carbocycles. The minimum absolute atomic E-state index is 0.0848. The molecular formula is C18H16F4N2O3.